The van der Waals surface area contributed by atoms with Crippen molar-refractivity contribution in [2.75, 3.05) is 26.2 Å². The topological polar surface area (TPSA) is 50.6 Å². The van der Waals surface area contributed by atoms with E-state index in [9.17, 15) is 0 Å². The predicted molar refractivity (Wildman–Crippen MR) is 111 cm³/mol. The van der Waals surface area contributed by atoms with E-state index in [1.54, 1.807) is 0 Å². The highest BCUT2D eigenvalue weighted by Gasteiger charge is 2.12. The summed E-state index contributed by atoms with van der Waals surface area (Å²) >= 11 is 0. The summed E-state index contributed by atoms with van der Waals surface area (Å²) in [5, 5.41) is 6.67. The van der Waals surface area contributed by atoms with Gasteiger partial charge in [-0.05, 0) is 38.3 Å². The minimum Gasteiger partial charge on any atom is -0.378 e. The summed E-state index contributed by atoms with van der Waals surface area (Å²) in [5.74, 6) is 0.900. The molecule has 0 radical (unpaired) electrons. The fourth-order valence-corrected chi connectivity index (χ4v) is 2.90. The van der Waals surface area contributed by atoms with Crippen LogP contribution in [0.5, 0.6) is 0 Å². The quantitative estimate of drug-likeness (QED) is 0.264. The van der Waals surface area contributed by atoms with Gasteiger partial charge in [-0.3, -0.25) is 4.99 Å². The summed E-state index contributed by atoms with van der Waals surface area (Å²) in [6.07, 6.45) is 12.2. The van der Waals surface area contributed by atoms with Gasteiger partial charge in [-0.2, -0.15) is 0 Å². The van der Waals surface area contributed by atoms with Gasteiger partial charge in [-0.1, -0.05) is 19.3 Å². The molecule has 138 valence electrons. The minimum atomic E-state index is 0. The van der Waals surface area contributed by atoms with Crippen LogP contribution >= 0.6 is 24.0 Å². The number of rotatable bonds is 9. The Morgan fingerprint density at radius 3 is 2.62 bits per heavy atom. The molecule has 24 heavy (non-hydrogen) atoms. The SMILES string of the molecule is CCNC(=NCCCOC1CCCCC1)NCCn1cccc1.I. The van der Waals surface area contributed by atoms with Gasteiger partial charge < -0.3 is 19.9 Å². The third-order valence-corrected chi connectivity index (χ3v) is 4.15. The molecule has 1 heterocycles. The van der Waals surface area contributed by atoms with E-state index in [-0.39, 0.29) is 24.0 Å². The van der Waals surface area contributed by atoms with Crippen molar-refractivity contribution in [1.29, 1.82) is 0 Å². The number of ether oxygens (including phenoxy) is 1. The summed E-state index contributed by atoms with van der Waals surface area (Å²) in [4.78, 5) is 4.62. The summed E-state index contributed by atoms with van der Waals surface area (Å²) in [6, 6.07) is 4.09. The molecule has 0 unspecified atom stereocenters. The van der Waals surface area contributed by atoms with Gasteiger partial charge in [0, 0.05) is 45.2 Å². The van der Waals surface area contributed by atoms with Crippen molar-refractivity contribution < 1.29 is 4.74 Å². The molecule has 0 saturated heterocycles. The first kappa shape index (κ1) is 21.3. The Labute approximate surface area is 163 Å². The van der Waals surface area contributed by atoms with E-state index >= 15 is 0 Å². The van der Waals surface area contributed by atoms with Crippen molar-refractivity contribution in [1.82, 2.24) is 15.2 Å². The van der Waals surface area contributed by atoms with E-state index < -0.39 is 0 Å². The Balaban J connectivity index is 0.00000288. The Morgan fingerprint density at radius 1 is 1.17 bits per heavy atom. The van der Waals surface area contributed by atoms with Gasteiger partial charge in [0.05, 0.1) is 6.10 Å². The average molecular weight is 448 g/mol. The largest absolute Gasteiger partial charge is 0.378 e. The second-order valence-electron chi connectivity index (χ2n) is 6.09. The summed E-state index contributed by atoms with van der Waals surface area (Å²) in [5.41, 5.74) is 0. The maximum absolute atomic E-state index is 5.94. The fourth-order valence-electron chi connectivity index (χ4n) is 2.90. The number of nitrogens with one attached hydrogen (secondary N) is 2. The zero-order chi connectivity index (χ0) is 16.2. The highest BCUT2D eigenvalue weighted by molar-refractivity contribution is 14.0. The van der Waals surface area contributed by atoms with Gasteiger partial charge in [0.1, 0.15) is 0 Å². The minimum absolute atomic E-state index is 0. The molecule has 1 aromatic heterocycles. The van der Waals surface area contributed by atoms with E-state index in [0.29, 0.717) is 6.10 Å². The lowest BCUT2D eigenvalue weighted by Crippen LogP contribution is -2.38. The number of aromatic nitrogens is 1. The van der Waals surface area contributed by atoms with Crippen LogP contribution in [0.4, 0.5) is 0 Å². The number of halogens is 1. The smallest absolute Gasteiger partial charge is 0.191 e. The molecule has 0 atom stereocenters. The fraction of sp³-hybridized carbons (Fsp3) is 0.722. The van der Waals surface area contributed by atoms with Gasteiger partial charge in [0.15, 0.2) is 5.96 Å². The maximum atomic E-state index is 5.94. The molecular formula is C18H33IN4O. The zero-order valence-electron chi connectivity index (χ0n) is 14.9. The van der Waals surface area contributed by atoms with Crippen LogP contribution in [0, 0.1) is 0 Å². The Kier molecular flexibility index (Phi) is 12.0. The Morgan fingerprint density at radius 2 is 1.92 bits per heavy atom. The molecule has 2 N–H and O–H groups in total. The maximum Gasteiger partial charge on any atom is 0.191 e. The van der Waals surface area contributed by atoms with Crippen LogP contribution in [0.1, 0.15) is 45.4 Å². The lowest BCUT2D eigenvalue weighted by molar-refractivity contribution is 0.0281. The first-order valence-electron chi connectivity index (χ1n) is 9.13. The van der Waals surface area contributed by atoms with Crippen LogP contribution in [0.3, 0.4) is 0 Å². The molecule has 1 aliphatic rings. The first-order chi connectivity index (χ1) is 11.4. The summed E-state index contributed by atoms with van der Waals surface area (Å²) in [7, 11) is 0. The number of hydrogen-bond donors (Lipinski definition) is 2. The van der Waals surface area contributed by atoms with Crippen LogP contribution in [0.15, 0.2) is 29.5 Å². The van der Waals surface area contributed by atoms with Gasteiger partial charge in [0.2, 0.25) is 0 Å². The zero-order valence-corrected chi connectivity index (χ0v) is 17.2. The predicted octanol–water partition coefficient (Wildman–Crippen LogP) is 3.40. The van der Waals surface area contributed by atoms with Crippen LogP contribution in [-0.4, -0.2) is 42.9 Å². The van der Waals surface area contributed by atoms with Crippen molar-refractivity contribution >= 4 is 29.9 Å². The summed E-state index contributed by atoms with van der Waals surface area (Å²) in [6.45, 7) is 6.44. The monoisotopic (exact) mass is 448 g/mol. The molecule has 0 spiro atoms. The van der Waals surface area contributed by atoms with Crippen LogP contribution in [0.25, 0.3) is 0 Å². The molecule has 1 aromatic rings. The second kappa shape index (κ2) is 13.5. The van der Waals surface area contributed by atoms with Crippen LogP contribution in [-0.2, 0) is 11.3 Å². The van der Waals surface area contributed by atoms with Gasteiger partial charge in [0.25, 0.3) is 0 Å². The highest BCUT2D eigenvalue weighted by Crippen LogP contribution is 2.20. The van der Waals surface area contributed by atoms with E-state index in [1.807, 2.05) is 12.1 Å². The normalized spacial score (nSPS) is 15.8. The van der Waals surface area contributed by atoms with Gasteiger partial charge in [-0.15, -0.1) is 24.0 Å². The van der Waals surface area contributed by atoms with Crippen molar-refractivity contribution in [3.05, 3.63) is 24.5 Å². The van der Waals surface area contributed by atoms with E-state index in [0.717, 1.165) is 45.2 Å². The van der Waals surface area contributed by atoms with Crippen LogP contribution in [0.2, 0.25) is 0 Å². The molecule has 0 aromatic carbocycles. The van der Waals surface area contributed by atoms with Crippen molar-refractivity contribution in [2.45, 2.75) is 58.1 Å². The Bertz CT molecular complexity index is 430. The highest BCUT2D eigenvalue weighted by atomic mass is 127. The molecule has 5 nitrogen and oxygen atoms in total. The van der Waals surface area contributed by atoms with Crippen LogP contribution < -0.4 is 10.6 Å². The van der Waals surface area contributed by atoms with E-state index in [1.165, 1.54) is 32.1 Å². The molecular weight excluding hydrogens is 415 g/mol. The molecule has 1 saturated carbocycles. The standard InChI is InChI=1S/C18H32N4O.HI/c1-2-19-18(21-12-15-22-13-6-7-14-22)20-11-8-16-23-17-9-4-3-5-10-17;/h6-7,13-14,17H,2-5,8-12,15-16H2,1H3,(H2,19,20,21);1H. The van der Waals surface area contributed by atoms with Gasteiger partial charge >= 0.3 is 0 Å². The average Bonchev–Trinajstić information content (AvgIpc) is 3.09. The third-order valence-electron chi connectivity index (χ3n) is 4.15. The van der Waals surface area contributed by atoms with Gasteiger partial charge in [-0.25, -0.2) is 0 Å². The summed E-state index contributed by atoms with van der Waals surface area (Å²) < 4.78 is 8.10. The molecule has 0 aliphatic heterocycles. The molecule has 2 rings (SSSR count). The molecule has 0 amide bonds. The van der Waals surface area contributed by atoms with Crippen molar-refractivity contribution in [2.24, 2.45) is 4.99 Å². The molecule has 1 fully saturated rings. The molecule has 0 bridgehead atoms. The van der Waals surface area contributed by atoms with E-state index in [2.05, 4.69) is 39.5 Å². The number of nitrogens with zero attached hydrogens (tertiary/aromatic N) is 2. The number of hydrogen-bond acceptors (Lipinski definition) is 2. The lowest BCUT2D eigenvalue weighted by atomic mass is 9.98. The second-order valence-corrected chi connectivity index (χ2v) is 6.09. The first-order valence-corrected chi connectivity index (χ1v) is 9.13. The van der Waals surface area contributed by atoms with Crippen molar-refractivity contribution in [3.8, 4) is 0 Å². The molecule has 6 heteroatoms. The third kappa shape index (κ3) is 8.92. The number of aliphatic imine (C=N–C) groups is 1. The lowest BCUT2D eigenvalue weighted by Gasteiger charge is -2.21. The molecule has 1 aliphatic carbocycles. The van der Waals surface area contributed by atoms with E-state index in [4.69, 9.17) is 4.74 Å². The van der Waals surface area contributed by atoms with Crippen molar-refractivity contribution in [3.63, 3.8) is 0 Å². The number of guanidine groups is 1. The Hall–Kier alpha value is -0.760.